The first-order valence-corrected chi connectivity index (χ1v) is 6.64. The van der Waals surface area contributed by atoms with Gasteiger partial charge in [-0.1, -0.05) is 54.1 Å². The van der Waals surface area contributed by atoms with E-state index < -0.39 is 0 Å². The SMILES string of the molecule is Clc1ccc([C@@H]2OCC[C@@H]2c2ccccc2)cc1. The highest BCUT2D eigenvalue weighted by Gasteiger charge is 2.30. The quantitative estimate of drug-likeness (QED) is 0.766. The first-order chi connectivity index (χ1) is 8.84. The van der Waals surface area contributed by atoms with Gasteiger partial charge in [-0.15, -0.1) is 0 Å². The van der Waals surface area contributed by atoms with Crippen molar-refractivity contribution in [1.29, 1.82) is 0 Å². The smallest absolute Gasteiger partial charge is 0.0894 e. The van der Waals surface area contributed by atoms with E-state index in [2.05, 4.69) is 42.5 Å². The third-order valence-electron chi connectivity index (χ3n) is 3.52. The van der Waals surface area contributed by atoms with Gasteiger partial charge in [-0.25, -0.2) is 0 Å². The van der Waals surface area contributed by atoms with Crippen molar-refractivity contribution in [3.8, 4) is 0 Å². The topological polar surface area (TPSA) is 9.23 Å². The maximum atomic E-state index is 5.93. The molecule has 0 bridgehead atoms. The monoisotopic (exact) mass is 258 g/mol. The van der Waals surface area contributed by atoms with Gasteiger partial charge in [0.15, 0.2) is 0 Å². The highest BCUT2D eigenvalue weighted by molar-refractivity contribution is 6.30. The number of benzene rings is 2. The van der Waals surface area contributed by atoms with Gasteiger partial charge in [-0.05, 0) is 29.7 Å². The molecule has 0 radical (unpaired) electrons. The van der Waals surface area contributed by atoms with Gasteiger partial charge in [0.1, 0.15) is 0 Å². The highest BCUT2D eigenvalue weighted by atomic mass is 35.5. The molecule has 1 aliphatic rings. The van der Waals surface area contributed by atoms with E-state index in [4.69, 9.17) is 16.3 Å². The molecule has 18 heavy (non-hydrogen) atoms. The molecule has 2 aromatic carbocycles. The molecule has 2 aromatic rings. The molecular weight excluding hydrogens is 244 g/mol. The Labute approximate surface area is 112 Å². The lowest BCUT2D eigenvalue weighted by Crippen LogP contribution is -2.05. The summed E-state index contributed by atoms with van der Waals surface area (Å²) in [5.74, 6) is 0.451. The van der Waals surface area contributed by atoms with Gasteiger partial charge < -0.3 is 4.74 Å². The molecule has 0 aliphatic carbocycles. The van der Waals surface area contributed by atoms with E-state index in [-0.39, 0.29) is 6.10 Å². The Morgan fingerprint density at radius 2 is 1.61 bits per heavy atom. The molecule has 3 rings (SSSR count). The Bertz CT molecular complexity index is 506. The average molecular weight is 259 g/mol. The molecular formula is C16H15ClO. The minimum absolute atomic E-state index is 0.157. The first-order valence-electron chi connectivity index (χ1n) is 6.26. The molecule has 1 heterocycles. The van der Waals surface area contributed by atoms with Crippen molar-refractivity contribution in [3.63, 3.8) is 0 Å². The van der Waals surface area contributed by atoms with E-state index in [9.17, 15) is 0 Å². The van der Waals surface area contributed by atoms with Crippen molar-refractivity contribution in [1.82, 2.24) is 0 Å². The van der Waals surface area contributed by atoms with E-state index in [1.54, 1.807) is 0 Å². The summed E-state index contributed by atoms with van der Waals surface area (Å²) in [4.78, 5) is 0. The number of hydrogen-bond donors (Lipinski definition) is 0. The summed E-state index contributed by atoms with van der Waals surface area (Å²) in [6.45, 7) is 0.826. The second-order valence-corrected chi connectivity index (χ2v) is 5.09. The second-order valence-electron chi connectivity index (χ2n) is 4.65. The molecule has 1 fully saturated rings. The van der Waals surface area contributed by atoms with Crippen molar-refractivity contribution in [3.05, 3.63) is 70.7 Å². The molecule has 0 aromatic heterocycles. The molecule has 2 atom stereocenters. The molecule has 0 spiro atoms. The Morgan fingerprint density at radius 1 is 0.889 bits per heavy atom. The van der Waals surface area contributed by atoms with Crippen LogP contribution in [0, 0.1) is 0 Å². The fraction of sp³-hybridized carbons (Fsp3) is 0.250. The van der Waals surface area contributed by atoms with Crippen LogP contribution in [0.15, 0.2) is 54.6 Å². The Morgan fingerprint density at radius 3 is 2.33 bits per heavy atom. The molecule has 0 unspecified atom stereocenters. The van der Waals surface area contributed by atoms with Crippen LogP contribution in [-0.2, 0) is 4.74 Å². The fourth-order valence-electron chi connectivity index (χ4n) is 2.61. The summed E-state index contributed by atoms with van der Waals surface area (Å²) in [6, 6.07) is 18.6. The number of ether oxygens (including phenoxy) is 1. The zero-order chi connectivity index (χ0) is 12.4. The lowest BCUT2D eigenvalue weighted by Gasteiger charge is -2.19. The van der Waals surface area contributed by atoms with Crippen LogP contribution in [0.25, 0.3) is 0 Å². The van der Waals surface area contributed by atoms with Crippen LogP contribution < -0.4 is 0 Å². The Kier molecular flexibility index (Phi) is 3.35. The summed E-state index contributed by atoms with van der Waals surface area (Å²) in [5, 5.41) is 0.771. The van der Waals surface area contributed by atoms with Crippen LogP contribution in [0.4, 0.5) is 0 Å². The van der Waals surface area contributed by atoms with Crippen molar-refractivity contribution < 1.29 is 4.74 Å². The van der Waals surface area contributed by atoms with Gasteiger partial charge in [0.25, 0.3) is 0 Å². The highest BCUT2D eigenvalue weighted by Crippen LogP contribution is 2.41. The van der Waals surface area contributed by atoms with E-state index in [0.717, 1.165) is 18.1 Å². The number of halogens is 1. The van der Waals surface area contributed by atoms with Crippen molar-refractivity contribution in [2.45, 2.75) is 18.4 Å². The van der Waals surface area contributed by atoms with Crippen LogP contribution in [0.1, 0.15) is 29.6 Å². The molecule has 1 aliphatic heterocycles. The molecule has 1 saturated heterocycles. The zero-order valence-corrected chi connectivity index (χ0v) is 10.8. The van der Waals surface area contributed by atoms with Gasteiger partial charge in [-0.3, -0.25) is 0 Å². The lowest BCUT2D eigenvalue weighted by atomic mass is 9.89. The summed E-state index contributed by atoms with van der Waals surface area (Å²) >= 11 is 5.93. The largest absolute Gasteiger partial charge is 0.373 e. The maximum Gasteiger partial charge on any atom is 0.0894 e. The Balaban J connectivity index is 1.90. The fourth-order valence-corrected chi connectivity index (χ4v) is 2.74. The molecule has 0 saturated carbocycles. The van der Waals surface area contributed by atoms with Crippen LogP contribution >= 0.6 is 11.6 Å². The van der Waals surface area contributed by atoms with E-state index in [1.165, 1.54) is 11.1 Å². The van der Waals surface area contributed by atoms with Gasteiger partial charge in [0.2, 0.25) is 0 Å². The second kappa shape index (κ2) is 5.13. The number of hydrogen-bond acceptors (Lipinski definition) is 1. The standard InChI is InChI=1S/C16H15ClO/c17-14-8-6-13(7-9-14)16-15(10-11-18-16)12-4-2-1-3-5-12/h1-9,15-16H,10-11H2/t15-,16+/m1/s1. The van der Waals surface area contributed by atoms with Crippen LogP contribution in [0.3, 0.4) is 0 Å². The van der Waals surface area contributed by atoms with Crippen LogP contribution in [0.2, 0.25) is 5.02 Å². The van der Waals surface area contributed by atoms with E-state index in [0.29, 0.717) is 5.92 Å². The summed E-state index contributed by atoms with van der Waals surface area (Å²) < 4.78 is 5.90. The first kappa shape index (κ1) is 11.8. The van der Waals surface area contributed by atoms with Crippen LogP contribution in [-0.4, -0.2) is 6.61 Å². The Hall–Kier alpha value is -1.31. The average Bonchev–Trinajstić information content (AvgIpc) is 2.90. The number of rotatable bonds is 2. The minimum Gasteiger partial charge on any atom is -0.373 e. The van der Waals surface area contributed by atoms with Gasteiger partial charge >= 0.3 is 0 Å². The summed E-state index contributed by atoms with van der Waals surface area (Å²) in [6.07, 6.45) is 1.24. The predicted molar refractivity (Wildman–Crippen MR) is 73.9 cm³/mol. The molecule has 1 nitrogen and oxygen atoms in total. The zero-order valence-electron chi connectivity index (χ0n) is 10.1. The maximum absolute atomic E-state index is 5.93. The van der Waals surface area contributed by atoms with E-state index in [1.807, 2.05) is 12.1 Å². The van der Waals surface area contributed by atoms with Gasteiger partial charge in [0, 0.05) is 17.5 Å². The van der Waals surface area contributed by atoms with Gasteiger partial charge in [-0.2, -0.15) is 0 Å². The molecule has 92 valence electrons. The summed E-state index contributed by atoms with van der Waals surface area (Å²) in [5.41, 5.74) is 2.57. The van der Waals surface area contributed by atoms with E-state index >= 15 is 0 Å². The summed E-state index contributed by atoms with van der Waals surface area (Å²) in [7, 11) is 0. The van der Waals surface area contributed by atoms with Gasteiger partial charge in [0.05, 0.1) is 6.10 Å². The normalized spacial score (nSPS) is 23.2. The predicted octanol–water partition coefficient (Wildman–Crippen LogP) is 4.59. The van der Waals surface area contributed by atoms with Crippen molar-refractivity contribution in [2.24, 2.45) is 0 Å². The molecule has 0 N–H and O–H groups in total. The molecule has 0 amide bonds. The van der Waals surface area contributed by atoms with Crippen molar-refractivity contribution in [2.75, 3.05) is 6.61 Å². The third kappa shape index (κ3) is 2.29. The minimum atomic E-state index is 0.157. The lowest BCUT2D eigenvalue weighted by molar-refractivity contribution is 0.104. The van der Waals surface area contributed by atoms with Crippen LogP contribution in [0.5, 0.6) is 0 Å². The third-order valence-corrected chi connectivity index (χ3v) is 3.77. The van der Waals surface area contributed by atoms with Crippen molar-refractivity contribution >= 4 is 11.6 Å². The molecule has 2 heteroatoms.